The molecule has 1 aromatic heterocycles. The largest absolute Gasteiger partial charge is 0.361 e. The number of anilines is 1. The molecule has 20 heavy (non-hydrogen) atoms. The van der Waals surface area contributed by atoms with E-state index in [2.05, 4.69) is 15.8 Å². The molecule has 1 amide bonds. The van der Waals surface area contributed by atoms with Gasteiger partial charge in [-0.2, -0.15) is 0 Å². The molecule has 1 aromatic carbocycles. The number of aryl methyl sites for hydroxylation is 2. The van der Waals surface area contributed by atoms with Gasteiger partial charge in [0.25, 0.3) is 0 Å². The average Bonchev–Trinajstić information content (AvgIpc) is 2.77. The van der Waals surface area contributed by atoms with Crippen LogP contribution in [0.1, 0.15) is 30.0 Å². The lowest BCUT2D eigenvalue weighted by molar-refractivity contribution is -0.115. The van der Waals surface area contributed by atoms with Crippen molar-refractivity contribution in [2.45, 2.75) is 26.8 Å². The van der Waals surface area contributed by atoms with Gasteiger partial charge in [-0.3, -0.25) is 4.79 Å². The summed E-state index contributed by atoms with van der Waals surface area (Å²) in [5.74, 6) is 0.709. The van der Waals surface area contributed by atoms with Crippen LogP contribution in [0.4, 0.5) is 5.69 Å². The fourth-order valence-corrected chi connectivity index (χ4v) is 2.18. The third-order valence-electron chi connectivity index (χ3n) is 3.15. The number of nitrogens with zero attached hydrogens (tertiary/aromatic N) is 1. The smallest absolute Gasteiger partial charge is 0.238 e. The Kier molecular flexibility index (Phi) is 4.53. The molecule has 2 aromatic rings. The molecule has 0 spiro atoms. The van der Waals surface area contributed by atoms with E-state index in [0.717, 1.165) is 22.7 Å². The Labute approximate surface area is 118 Å². The average molecular weight is 273 g/mol. The molecule has 1 heterocycles. The van der Waals surface area contributed by atoms with Crippen LogP contribution in [0.2, 0.25) is 0 Å². The van der Waals surface area contributed by atoms with Gasteiger partial charge >= 0.3 is 0 Å². The van der Waals surface area contributed by atoms with Crippen LogP contribution in [-0.2, 0) is 4.79 Å². The number of amides is 1. The first-order valence-corrected chi connectivity index (χ1v) is 6.59. The van der Waals surface area contributed by atoms with Gasteiger partial charge in [-0.25, -0.2) is 0 Å². The molecule has 0 aliphatic heterocycles. The van der Waals surface area contributed by atoms with Gasteiger partial charge in [0.05, 0.1) is 12.2 Å². The van der Waals surface area contributed by atoms with Crippen molar-refractivity contribution in [3.05, 3.63) is 47.3 Å². The monoisotopic (exact) mass is 273 g/mol. The van der Waals surface area contributed by atoms with Gasteiger partial charge in [-0.15, -0.1) is 0 Å². The SMILES string of the molecule is Cc1noc(C)c1C(C)NCC(=O)Nc1ccccc1. The second-order valence-corrected chi connectivity index (χ2v) is 4.75. The summed E-state index contributed by atoms with van der Waals surface area (Å²) in [5, 5.41) is 9.92. The molecule has 5 nitrogen and oxygen atoms in total. The molecule has 0 radical (unpaired) electrons. The van der Waals surface area contributed by atoms with E-state index in [1.165, 1.54) is 0 Å². The van der Waals surface area contributed by atoms with E-state index in [1.807, 2.05) is 51.1 Å². The molecular weight excluding hydrogens is 254 g/mol. The topological polar surface area (TPSA) is 67.2 Å². The van der Waals surface area contributed by atoms with Gasteiger partial charge in [-0.05, 0) is 32.9 Å². The minimum atomic E-state index is -0.0742. The van der Waals surface area contributed by atoms with Crippen LogP contribution in [0.15, 0.2) is 34.9 Å². The first kappa shape index (κ1) is 14.3. The molecule has 1 unspecified atom stereocenters. The maximum absolute atomic E-state index is 11.8. The van der Waals surface area contributed by atoms with Crippen LogP contribution >= 0.6 is 0 Å². The normalized spacial score (nSPS) is 12.2. The molecule has 106 valence electrons. The number of nitrogens with one attached hydrogen (secondary N) is 2. The lowest BCUT2D eigenvalue weighted by atomic mass is 10.1. The molecule has 0 aliphatic carbocycles. The van der Waals surface area contributed by atoms with Gasteiger partial charge in [-0.1, -0.05) is 23.4 Å². The van der Waals surface area contributed by atoms with Crippen molar-refractivity contribution in [2.75, 3.05) is 11.9 Å². The lowest BCUT2D eigenvalue weighted by Gasteiger charge is -2.13. The third-order valence-corrected chi connectivity index (χ3v) is 3.15. The van der Waals surface area contributed by atoms with Crippen LogP contribution in [0.5, 0.6) is 0 Å². The van der Waals surface area contributed by atoms with Crippen LogP contribution in [0, 0.1) is 13.8 Å². The number of carbonyl (C=O) groups excluding carboxylic acids is 1. The second kappa shape index (κ2) is 6.34. The highest BCUT2D eigenvalue weighted by Crippen LogP contribution is 2.20. The van der Waals surface area contributed by atoms with Crippen LogP contribution < -0.4 is 10.6 Å². The molecular formula is C15H19N3O2. The summed E-state index contributed by atoms with van der Waals surface area (Å²) in [6, 6.07) is 9.41. The number of para-hydroxylation sites is 1. The van der Waals surface area contributed by atoms with Crippen LogP contribution in [0.3, 0.4) is 0 Å². The molecule has 1 atom stereocenters. The predicted octanol–water partition coefficient (Wildman–Crippen LogP) is 2.58. The van der Waals surface area contributed by atoms with E-state index >= 15 is 0 Å². The fraction of sp³-hybridized carbons (Fsp3) is 0.333. The number of rotatable bonds is 5. The highest BCUT2D eigenvalue weighted by molar-refractivity contribution is 5.92. The third kappa shape index (κ3) is 3.45. The standard InChI is InChI=1S/C15H19N3O2/c1-10(15-11(2)18-20-12(15)3)16-9-14(19)17-13-7-5-4-6-8-13/h4-8,10,16H,9H2,1-3H3,(H,17,19). The molecule has 2 N–H and O–H groups in total. The van der Waals surface area contributed by atoms with E-state index in [-0.39, 0.29) is 18.5 Å². The van der Waals surface area contributed by atoms with Gasteiger partial charge in [0.2, 0.25) is 5.91 Å². The van der Waals surface area contributed by atoms with Crippen molar-refractivity contribution in [1.29, 1.82) is 0 Å². The Bertz CT molecular complexity index is 559. The van der Waals surface area contributed by atoms with Gasteiger partial charge in [0, 0.05) is 17.3 Å². The zero-order chi connectivity index (χ0) is 14.5. The summed E-state index contributed by atoms with van der Waals surface area (Å²) in [4.78, 5) is 11.8. The maximum atomic E-state index is 11.8. The van der Waals surface area contributed by atoms with Crippen molar-refractivity contribution in [2.24, 2.45) is 0 Å². The second-order valence-electron chi connectivity index (χ2n) is 4.75. The quantitative estimate of drug-likeness (QED) is 0.878. The molecule has 0 fully saturated rings. The zero-order valence-electron chi connectivity index (χ0n) is 11.9. The van der Waals surface area contributed by atoms with E-state index in [4.69, 9.17) is 4.52 Å². The van der Waals surface area contributed by atoms with Crippen molar-refractivity contribution < 1.29 is 9.32 Å². The van der Waals surface area contributed by atoms with Crippen molar-refractivity contribution >= 4 is 11.6 Å². The molecule has 0 aliphatic rings. The Balaban J connectivity index is 1.87. The van der Waals surface area contributed by atoms with Gasteiger partial charge in [0.15, 0.2) is 0 Å². The van der Waals surface area contributed by atoms with E-state index in [1.54, 1.807) is 0 Å². The molecule has 0 bridgehead atoms. The first-order valence-electron chi connectivity index (χ1n) is 6.59. The Morgan fingerprint density at radius 1 is 1.30 bits per heavy atom. The number of aromatic nitrogens is 1. The van der Waals surface area contributed by atoms with E-state index in [9.17, 15) is 4.79 Å². The number of benzene rings is 1. The number of hydrogen-bond donors (Lipinski definition) is 2. The summed E-state index contributed by atoms with van der Waals surface area (Å²) >= 11 is 0. The van der Waals surface area contributed by atoms with E-state index in [0.29, 0.717) is 0 Å². The Hall–Kier alpha value is -2.14. The van der Waals surface area contributed by atoms with Crippen molar-refractivity contribution in [3.8, 4) is 0 Å². The first-order chi connectivity index (χ1) is 9.58. The summed E-state index contributed by atoms with van der Waals surface area (Å²) in [6.07, 6.45) is 0. The fourth-order valence-electron chi connectivity index (χ4n) is 2.18. The summed E-state index contributed by atoms with van der Waals surface area (Å²) in [6.45, 7) is 5.99. The van der Waals surface area contributed by atoms with Gasteiger partial charge in [0.1, 0.15) is 5.76 Å². The zero-order valence-corrected chi connectivity index (χ0v) is 11.9. The highest BCUT2D eigenvalue weighted by atomic mass is 16.5. The van der Waals surface area contributed by atoms with Crippen molar-refractivity contribution in [1.82, 2.24) is 10.5 Å². The molecule has 2 rings (SSSR count). The van der Waals surface area contributed by atoms with Crippen molar-refractivity contribution in [3.63, 3.8) is 0 Å². The van der Waals surface area contributed by atoms with Gasteiger partial charge < -0.3 is 15.2 Å². The minimum absolute atomic E-state index is 0.0165. The minimum Gasteiger partial charge on any atom is -0.361 e. The summed E-state index contributed by atoms with van der Waals surface area (Å²) in [7, 11) is 0. The van der Waals surface area contributed by atoms with Crippen LogP contribution in [-0.4, -0.2) is 17.6 Å². The number of hydrogen-bond acceptors (Lipinski definition) is 4. The molecule has 5 heteroatoms. The Morgan fingerprint density at radius 2 is 2.00 bits per heavy atom. The summed E-state index contributed by atoms with van der Waals surface area (Å²) in [5.41, 5.74) is 2.66. The lowest BCUT2D eigenvalue weighted by Crippen LogP contribution is -2.30. The number of carbonyl (C=O) groups is 1. The molecule has 0 saturated carbocycles. The predicted molar refractivity (Wildman–Crippen MR) is 77.5 cm³/mol. The maximum Gasteiger partial charge on any atom is 0.238 e. The summed E-state index contributed by atoms with van der Waals surface area (Å²) < 4.78 is 5.13. The highest BCUT2D eigenvalue weighted by Gasteiger charge is 2.16. The Morgan fingerprint density at radius 3 is 2.60 bits per heavy atom. The van der Waals surface area contributed by atoms with Crippen LogP contribution in [0.25, 0.3) is 0 Å². The van der Waals surface area contributed by atoms with E-state index < -0.39 is 0 Å². The molecule has 0 saturated heterocycles.